The average molecular weight is 276 g/mol. The molecule has 0 radical (unpaired) electrons. The molecule has 100 valence electrons. The van der Waals surface area contributed by atoms with Gasteiger partial charge in [-0.3, -0.25) is 0 Å². The highest BCUT2D eigenvalue weighted by atomic mass is 32.2. The van der Waals surface area contributed by atoms with Crippen LogP contribution >= 0.6 is 0 Å². The van der Waals surface area contributed by atoms with Crippen LogP contribution in [-0.2, 0) is 10.0 Å². The second kappa shape index (κ2) is 5.03. The van der Waals surface area contributed by atoms with Crippen molar-refractivity contribution >= 4 is 15.7 Å². The lowest BCUT2D eigenvalue weighted by Crippen LogP contribution is -2.27. The maximum absolute atomic E-state index is 12.1. The van der Waals surface area contributed by atoms with Gasteiger partial charge in [-0.1, -0.05) is 24.8 Å². The van der Waals surface area contributed by atoms with Gasteiger partial charge in [-0.2, -0.15) is 0 Å². The lowest BCUT2D eigenvalue weighted by molar-refractivity contribution is 0.529. The number of sulfonamides is 1. The van der Waals surface area contributed by atoms with Crippen LogP contribution in [0.15, 0.2) is 65.9 Å². The standard InChI is InChI=1S/C14H16N2O2S/c1-12-9-10-14(19(17,18)15(2)3)11-16(12)13-7-5-4-6-8-13/h4-11H,1H2,2-3H3. The van der Waals surface area contributed by atoms with Gasteiger partial charge in [0.1, 0.15) is 0 Å². The third-order valence-electron chi connectivity index (χ3n) is 2.82. The zero-order valence-corrected chi connectivity index (χ0v) is 11.8. The minimum atomic E-state index is -3.44. The van der Waals surface area contributed by atoms with Crippen molar-refractivity contribution in [2.75, 3.05) is 19.0 Å². The van der Waals surface area contributed by atoms with Crippen LogP contribution in [0.25, 0.3) is 0 Å². The molecule has 0 N–H and O–H groups in total. The highest BCUT2D eigenvalue weighted by molar-refractivity contribution is 7.93. The molecule has 0 saturated carbocycles. The van der Waals surface area contributed by atoms with Crippen molar-refractivity contribution in [1.82, 2.24) is 4.31 Å². The monoisotopic (exact) mass is 276 g/mol. The molecule has 1 aliphatic heterocycles. The van der Waals surface area contributed by atoms with Crippen LogP contribution < -0.4 is 4.90 Å². The summed E-state index contributed by atoms with van der Waals surface area (Å²) in [4.78, 5) is 2.00. The predicted molar refractivity (Wildman–Crippen MR) is 77.9 cm³/mol. The Morgan fingerprint density at radius 3 is 2.32 bits per heavy atom. The van der Waals surface area contributed by atoms with Gasteiger partial charge in [0, 0.05) is 31.7 Å². The van der Waals surface area contributed by atoms with Crippen molar-refractivity contribution in [2.45, 2.75) is 0 Å². The third kappa shape index (κ3) is 2.62. The molecule has 4 nitrogen and oxygen atoms in total. The topological polar surface area (TPSA) is 40.6 Å². The maximum atomic E-state index is 12.1. The molecule has 0 aliphatic carbocycles. The maximum Gasteiger partial charge on any atom is 0.244 e. The van der Waals surface area contributed by atoms with E-state index in [1.807, 2.05) is 30.3 Å². The van der Waals surface area contributed by atoms with Crippen LogP contribution in [0.1, 0.15) is 0 Å². The molecular formula is C14H16N2O2S. The second-order valence-electron chi connectivity index (χ2n) is 4.35. The summed E-state index contributed by atoms with van der Waals surface area (Å²) in [6.07, 6.45) is 4.85. The molecule has 0 bridgehead atoms. The molecule has 0 aromatic heterocycles. The Morgan fingerprint density at radius 1 is 1.11 bits per heavy atom. The molecule has 0 fully saturated rings. The van der Waals surface area contributed by atoms with Crippen LogP contribution in [0.4, 0.5) is 5.69 Å². The molecule has 1 aromatic rings. The summed E-state index contributed by atoms with van der Waals surface area (Å²) in [5.41, 5.74) is 1.60. The largest absolute Gasteiger partial charge is 0.316 e. The summed E-state index contributed by atoms with van der Waals surface area (Å²) in [7, 11) is -0.411. The van der Waals surface area contributed by atoms with Gasteiger partial charge in [0.05, 0.1) is 4.91 Å². The molecule has 1 heterocycles. The van der Waals surface area contributed by atoms with Crippen LogP contribution in [0.3, 0.4) is 0 Å². The molecule has 19 heavy (non-hydrogen) atoms. The number of hydrogen-bond donors (Lipinski definition) is 0. The van der Waals surface area contributed by atoms with E-state index in [-0.39, 0.29) is 4.91 Å². The smallest absolute Gasteiger partial charge is 0.244 e. The summed E-state index contributed by atoms with van der Waals surface area (Å²) in [6, 6.07) is 9.51. The van der Waals surface area contributed by atoms with Gasteiger partial charge < -0.3 is 4.90 Å². The summed E-state index contributed by atoms with van der Waals surface area (Å²) >= 11 is 0. The van der Waals surface area contributed by atoms with Crippen LogP contribution in [0, 0.1) is 0 Å². The molecular weight excluding hydrogens is 260 g/mol. The van der Waals surface area contributed by atoms with Crippen molar-refractivity contribution in [1.29, 1.82) is 0 Å². The molecule has 0 saturated heterocycles. The Labute approximate surface area is 114 Å². The van der Waals surface area contributed by atoms with E-state index in [2.05, 4.69) is 6.58 Å². The highest BCUT2D eigenvalue weighted by Gasteiger charge is 2.22. The molecule has 1 aliphatic rings. The van der Waals surface area contributed by atoms with E-state index in [1.165, 1.54) is 18.4 Å². The highest BCUT2D eigenvalue weighted by Crippen LogP contribution is 2.26. The molecule has 0 amide bonds. The summed E-state index contributed by atoms with van der Waals surface area (Å²) in [5.74, 6) is 0. The number of anilines is 1. The van der Waals surface area contributed by atoms with E-state index in [9.17, 15) is 8.42 Å². The van der Waals surface area contributed by atoms with Gasteiger partial charge in [-0.15, -0.1) is 0 Å². The molecule has 0 spiro atoms. The predicted octanol–water partition coefficient (Wildman–Crippen LogP) is 2.31. The first-order valence-corrected chi connectivity index (χ1v) is 7.22. The van der Waals surface area contributed by atoms with E-state index in [1.54, 1.807) is 23.3 Å². The zero-order chi connectivity index (χ0) is 14.0. The summed E-state index contributed by atoms with van der Waals surface area (Å²) in [6.45, 7) is 3.92. The van der Waals surface area contributed by atoms with Crippen molar-refractivity contribution < 1.29 is 8.42 Å². The lowest BCUT2D eigenvalue weighted by Gasteiger charge is -2.26. The lowest BCUT2D eigenvalue weighted by atomic mass is 10.2. The Hall–Kier alpha value is -1.85. The number of rotatable bonds is 3. The number of nitrogens with zero attached hydrogens (tertiary/aromatic N) is 2. The van der Waals surface area contributed by atoms with Gasteiger partial charge in [0.15, 0.2) is 0 Å². The minimum Gasteiger partial charge on any atom is -0.316 e. The second-order valence-corrected chi connectivity index (χ2v) is 6.50. The van der Waals surface area contributed by atoms with E-state index < -0.39 is 10.0 Å². The Bertz CT molecular complexity index is 643. The normalized spacial score (nSPS) is 15.8. The first-order valence-electron chi connectivity index (χ1n) is 5.78. The van der Waals surface area contributed by atoms with Gasteiger partial charge >= 0.3 is 0 Å². The minimum absolute atomic E-state index is 0.244. The van der Waals surface area contributed by atoms with Crippen LogP contribution in [-0.4, -0.2) is 26.8 Å². The van der Waals surface area contributed by atoms with Crippen LogP contribution in [0.5, 0.6) is 0 Å². The summed E-state index contributed by atoms with van der Waals surface area (Å²) in [5, 5.41) is 0. The first kappa shape index (κ1) is 13.6. The molecule has 1 aromatic carbocycles. The Balaban J connectivity index is 2.45. The third-order valence-corrected chi connectivity index (χ3v) is 4.62. The molecule has 0 atom stereocenters. The molecule has 5 heteroatoms. The fourth-order valence-electron chi connectivity index (χ4n) is 1.70. The van der Waals surface area contributed by atoms with Crippen LogP contribution in [0.2, 0.25) is 0 Å². The van der Waals surface area contributed by atoms with E-state index in [0.717, 1.165) is 11.4 Å². The molecule has 2 rings (SSSR count). The van der Waals surface area contributed by atoms with Crippen molar-refractivity contribution in [3.63, 3.8) is 0 Å². The number of allylic oxidation sites excluding steroid dienone is 2. The van der Waals surface area contributed by atoms with E-state index in [0.29, 0.717) is 0 Å². The number of para-hydroxylation sites is 1. The van der Waals surface area contributed by atoms with Gasteiger partial charge in [0.25, 0.3) is 0 Å². The quantitative estimate of drug-likeness (QED) is 0.850. The van der Waals surface area contributed by atoms with E-state index >= 15 is 0 Å². The van der Waals surface area contributed by atoms with Gasteiger partial charge in [-0.25, -0.2) is 12.7 Å². The average Bonchev–Trinajstić information content (AvgIpc) is 2.39. The Kier molecular flexibility index (Phi) is 3.59. The first-order chi connectivity index (χ1) is 8.93. The Morgan fingerprint density at radius 2 is 1.74 bits per heavy atom. The van der Waals surface area contributed by atoms with Crippen molar-refractivity contribution in [2.24, 2.45) is 0 Å². The van der Waals surface area contributed by atoms with Gasteiger partial charge in [-0.05, 0) is 24.3 Å². The SMILES string of the molecule is C=C1C=CC(S(=O)(=O)N(C)C)=CN1c1ccccc1. The number of hydrogen-bond acceptors (Lipinski definition) is 3. The molecule has 0 unspecified atom stereocenters. The van der Waals surface area contributed by atoms with Crippen molar-refractivity contribution in [3.05, 3.63) is 65.9 Å². The number of benzene rings is 1. The fourth-order valence-corrected chi connectivity index (χ4v) is 2.60. The van der Waals surface area contributed by atoms with Crippen molar-refractivity contribution in [3.8, 4) is 0 Å². The summed E-state index contributed by atoms with van der Waals surface area (Å²) < 4.78 is 25.4. The van der Waals surface area contributed by atoms with E-state index in [4.69, 9.17) is 0 Å². The zero-order valence-electron chi connectivity index (χ0n) is 10.9. The van der Waals surface area contributed by atoms with Gasteiger partial charge in [0.2, 0.25) is 10.0 Å². The fraction of sp³-hybridized carbons (Fsp3) is 0.143.